The van der Waals surface area contributed by atoms with Gasteiger partial charge in [0, 0.05) is 31.2 Å². The highest BCUT2D eigenvalue weighted by Gasteiger charge is 2.23. The van der Waals surface area contributed by atoms with E-state index in [1.165, 1.54) is 22.7 Å². The number of fused-ring (bicyclic) bond motifs is 1. The van der Waals surface area contributed by atoms with Crippen LogP contribution in [-0.2, 0) is 4.74 Å². The molecule has 4 rings (SSSR count). The molecular weight excluding hydrogens is 529 g/mol. The van der Waals surface area contributed by atoms with Gasteiger partial charge in [-0.05, 0) is 59.1 Å². The van der Waals surface area contributed by atoms with Gasteiger partial charge in [-0.15, -0.1) is 23.7 Å². The minimum Gasteiger partial charge on any atom is -0.379 e. The van der Waals surface area contributed by atoms with Gasteiger partial charge < -0.3 is 4.74 Å². The number of amides is 1. The lowest BCUT2D eigenvalue weighted by Crippen LogP contribution is -2.39. The third-order valence-electron chi connectivity index (χ3n) is 4.86. The maximum Gasteiger partial charge on any atom is 0.270 e. The van der Waals surface area contributed by atoms with Crippen molar-refractivity contribution in [3.8, 4) is 0 Å². The molecule has 1 fully saturated rings. The molecule has 0 unspecified atom stereocenters. The van der Waals surface area contributed by atoms with E-state index in [4.69, 9.17) is 21.3 Å². The number of thiophene rings is 1. The zero-order valence-corrected chi connectivity index (χ0v) is 21.2. The third kappa shape index (κ3) is 5.54. The summed E-state index contributed by atoms with van der Waals surface area (Å²) in [6.45, 7) is 7.02. The van der Waals surface area contributed by atoms with Gasteiger partial charge in [-0.2, -0.15) is 0 Å². The van der Waals surface area contributed by atoms with Crippen molar-refractivity contribution in [2.75, 3.05) is 44.3 Å². The van der Waals surface area contributed by atoms with Crippen molar-refractivity contribution < 1.29 is 9.53 Å². The monoisotopic (exact) mass is 549 g/mol. The van der Waals surface area contributed by atoms with Gasteiger partial charge >= 0.3 is 0 Å². The quantitative estimate of drug-likeness (QED) is 0.385. The summed E-state index contributed by atoms with van der Waals surface area (Å²) in [6.07, 6.45) is 0.883. The molecule has 0 saturated carbocycles. The molecule has 1 saturated heterocycles. The lowest BCUT2D eigenvalue weighted by Gasteiger charge is -2.27. The second kappa shape index (κ2) is 10.7. The Morgan fingerprint density at radius 3 is 2.77 bits per heavy atom. The van der Waals surface area contributed by atoms with Crippen molar-refractivity contribution >= 4 is 83.9 Å². The number of thiazole rings is 1. The second-order valence-electron chi connectivity index (χ2n) is 6.93. The van der Waals surface area contributed by atoms with Crippen LogP contribution in [0.25, 0.3) is 10.2 Å². The molecule has 0 N–H and O–H groups in total. The molecule has 2 aromatic heterocycles. The average molecular weight is 551 g/mol. The highest BCUT2D eigenvalue weighted by atomic mass is 79.9. The van der Waals surface area contributed by atoms with E-state index in [9.17, 15) is 4.79 Å². The van der Waals surface area contributed by atoms with Crippen LogP contribution >= 0.6 is 62.6 Å². The molecule has 0 aliphatic carbocycles. The molecule has 1 aliphatic heterocycles. The average Bonchev–Trinajstić information content (AvgIpc) is 3.32. The number of aromatic nitrogens is 1. The molecule has 10 heteroatoms. The van der Waals surface area contributed by atoms with Crippen molar-refractivity contribution in [1.29, 1.82) is 0 Å². The first kappa shape index (κ1) is 23.9. The maximum atomic E-state index is 13.3. The standard InChI is InChI=1S/C20H21BrClN3O2S2.ClH/c1-13-11-14(22)12-16-18(13)23-20(29-16)25(19(26)15-3-4-17(21)28-15)6-2-5-24-7-9-27-10-8-24;/h3-4,11-12H,2,5-10H2,1H3;1H. The first-order valence-corrected chi connectivity index (χ1v) is 12.3. The number of rotatable bonds is 6. The Labute approximate surface area is 203 Å². The minimum absolute atomic E-state index is 0. The van der Waals surface area contributed by atoms with Gasteiger partial charge in [0.25, 0.3) is 5.91 Å². The Morgan fingerprint density at radius 1 is 1.30 bits per heavy atom. The number of carbonyl (C=O) groups excluding carboxylic acids is 1. The van der Waals surface area contributed by atoms with Crippen molar-refractivity contribution in [2.24, 2.45) is 0 Å². The van der Waals surface area contributed by atoms with Crippen LogP contribution in [0.15, 0.2) is 28.1 Å². The van der Waals surface area contributed by atoms with E-state index in [2.05, 4.69) is 20.8 Å². The smallest absolute Gasteiger partial charge is 0.270 e. The number of aryl methyl sites for hydroxylation is 1. The van der Waals surface area contributed by atoms with E-state index in [1.54, 1.807) is 0 Å². The van der Waals surface area contributed by atoms with Crippen molar-refractivity contribution in [2.45, 2.75) is 13.3 Å². The number of hydrogen-bond donors (Lipinski definition) is 0. The van der Waals surface area contributed by atoms with Crippen LogP contribution in [0.2, 0.25) is 5.02 Å². The van der Waals surface area contributed by atoms with Crippen LogP contribution in [0.5, 0.6) is 0 Å². The van der Waals surface area contributed by atoms with E-state index in [0.29, 0.717) is 16.4 Å². The number of halogens is 3. The molecule has 1 aliphatic rings. The fourth-order valence-electron chi connectivity index (χ4n) is 3.38. The molecule has 0 bridgehead atoms. The van der Waals surface area contributed by atoms with Crippen LogP contribution in [0, 0.1) is 6.92 Å². The first-order chi connectivity index (χ1) is 14.0. The zero-order chi connectivity index (χ0) is 20.4. The van der Waals surface area contributed by atoms with Gasteiger partial charge in [-0.25, -0.2) is 4.98 Å². The maximum absolute atomic E-state index is 13.3. The van der Waals surface area contributed by atoms with E-state index >= 15 is 0 Å². The summed E-state index contributed by atoms with van der Waals surface area (Å²) in [6, 6.07) is 7.60. The Bertz CT molecular complexity index is 1020. The minimum atomic E-state index is -0.00881. The number of benzene rings is 1. The normalized spacial score (nSPS) is 14.6. The van der Waals surface area contributed by atoms with Gasteiger partial charge in [0.05, 0.1) is 32.1 Å². The fraction of sp³-hybridized carbons (Fsp3) is 0.400. The largest absolute Gasteiger partial charge is 0.379 e. The Kier molecular flexibility index (Phi) is 8.55. The predicted molar refractivity (Wildman–Crippen MR) is 132 cm³/mol. The Hall–Kier alpha value is -0.740. The number of carbonyl (C=O) groups is 1. The highest BCUT2D eigenvalue weighted by Crippen LogP contribution is 2.34. The van der Waals surface area contributed by atoms with Crippen molar-refractivity contribution in [1.82, 2.24) is 9.88 Å². The number of nitrogens with zero attached hydrogens (tertiary/aromatic N) is 3. The topological polar surface area (TPSA) is 45.7 Å². The van der Waals surface area contributed by atoms with E-state index in [0.717, 1.165) is 64.0 Å². The molecule has 0 spiro atoms. The predicted octanol–water partition coefficient (Wildman–Crippen LogP) is 5.87. The SMILES string of the molecule is Cc1cc(Cl)cc2sc(N(CCCN3CCOCC3)C(=O)c3ccc(Br)s3)nc12.Cl. The number of hydrogen-bond acceptors (Lipinski definition) is 6. The summed E-state index contributed by atoms with van der Waals surface area (Å²) < 4.78 is 7.37. The van der Waals surface area contributed by atoms with Gasteiger partial charge in [-0.1, -0.05) is 22.9 Å². The summed E-state index contributed by atoms with van der Waals surface area (Å²) in [4.78, 5) is 23.0. The molecule has 0 radical (unpaired) electrons. The Balaban J connectivity index is 0.00000256. The van der Waals surface area contributed by atoms with E-state index in [1.807, 2.05) is 36.1 Å². The van der Waals surface area contributed by atoms with Crippen LogP contribution in [0.4, 0.5) is 5.13 Å². The summed E-state index contributed by atoms with van der Waals surface area (Å²) in [5.41, 5.74) is 1.93. The van der Waals surface area contributed by atoms with Gasteiger partial charge in [-0.3, -0.25) is 14.6 Å². The first-order valence-electron chi connectivity index (χ1n) is 9.45. The van der Waals surface area contributed by atoms with Crippen LogP contribution in [0.3, 0.4) is 0 Å². The van der Waals surface area contributed by atoms with Gasteiger partial charge in [0.15, 0.2) is 5.13 Å². The van der Waals surface area contributed by atoms with Crippen LogP contribution in [-0.4, -0.2) is 55.2 Å². The van der Waals surface area contributed by atoms with Crippen LogP contribution < -0.4 is 4.90 Å². The fourth-order valence-corrected chi connectivity index (χ4v) is 6.16. The summed E-state index contributed by atoms with van der Waals surface area (Å²) in [5, 5.41) is 1.42. The molecule has 3 heterocycles. The number of anilines is 1. The van der Waals surface area contributed by atoms with Gasteiger partial charge in [0.1, 0.15) is 0 Å². The lowest BCUT2D eigenvalue weighted by atomic mass is 10.2. The summed E-state index contributed by atoms with van der Waals surface area (Å²) in [5.74, 6) is -0.00881. The third-order valence-corrected chi connectivity index (χ3v) is 7.71. The summed E-state index contributed by atoms with van der Waals surface area (Å²) in [7, 11) is 0. The molecular formula is C20H22BrCl2N3O2S2. The van der Waals surface area contributed by atoms with Crippen molar-refractivity contribution in [3.05, 3.63) is 43.5 Å². The van der Waals surface area contributed by atoms with E-state index in [-0.39, 0.29) is 18.3 Å². The molecule has 0 atom stereocenters. The van der Waals surface area contributed by atoms with Crippen LogP contribution in [0.1, 0.15) is 21.7 Å². The second-order valence-corrected chi connectivity index (χ2v) is 10.8. The van der Waals surface area contributed by atoms with E-state index < -0.39 is 0 Å². The number of morpholine rings is 1. The van der Waals surface area contributed by atoms with Crippen molar-refractivity contribution in [3.63, 3.8) is 0 Å². The lowest BCUT2D eigenvalue weighted by molar-refractivity contribution is 0.0376. The molecule has 30 heavy (non-hydrogen) atoms. The molecule has 5 nitrogen and oxygen atoms in total. The highest BCUT2D eigenvalue weighted by molar-refractivity contribution is 9.11. The summed E-state index contributed by atoms with van der Waals surface area (Å²) >= 11 is 12.6. The molecule has 162 valence electrons. The number of ether oxygens (including phenoxy) is 1. The Morgan fingerprint density at radius 2 is 2.07 bits per heavy atom. The van der Waals surface area contributed by atoms with Gasteiger partial charge in [0.2, 0.25) is 0 Å². The molecule has 3 aromatic rings. The molecule has 1 amide bonds. The zero-order valence-electron chi connectivity index (χ0n) is 16.4. The molecule has 1 aromatic carbocycles.